The van der Waals surface area contributed by atoms with Gasteiger partial charge in [0, 0.05) is 12.8 Å². The molecule has 5 heteroatoms. The lowest BCUT2D eigenvalue weighted by atomic mass is 10.4. The van der Waals surface area contributed by atoms with Crippen LogP contribution in [0.25, 0.3) is 11.6 Å². The summed E-state index contributed by atoms with van der Waals surface area (Å²) in [6.45, 7) is 0.472. The van der Waals surface area contributed by atoms with E-state index in [1.54, 1.807) is 25.5 Å². The van der Waals surface area contributed by atoms with E-state index in [0.717, 1.165) is 5.69 Å². The number of nitrogens with zero attached hydrogens (tertiary/aromatic N) is 1. The van der Waals surface area contributed by atoms with E-state index in [0.29, 0.717) is 22.8 Å². The molecule has 2 heterocycles. The van der Waals surface area contributed by atoms with E-state index in [1.165, 1.54) is 0 Å². The second-order valence-electron chi connectivity index (χ2n) is 3.00. The Labute approximate surface area is 91.9 Å². The maximum absolute atomic E-state index is 5.23. The van der Waals surface area contributed by atoms with E-state index < -0.39 is 0 Å². The van der Waals surface area contributed by atoms with Crippen LogP contribution in [0.5, 0.6) is 0 Å². The van der Waals surface area contributed by atoms with Gasteiger partial charge in [-0.2, -0.15) is 0 Å². The lowest BCUT2D eigenvalue weighted by Crippen LogP contribution is -1.96. The molecule has 4 nitrogen and oxygen atoms in total. The summed E-state index contributed by atoms with van der Waals surface area (Å²) < 4.78 is 10.8. The Morgan fingerprint density at radius 2 is 2.47 bits per heavy atom. The van der Waals surface area contributed by atoms with E-state index >= 15 is 0 Å². The summed E-state index contributed by atoms with van der Waals surface area (Å²) >= 11 is 5.05. The Morgan fingerprint density at radius 3 is 3.13 bits per heavy atom. The van der Waals surface area contributed by atoms with Crippen LogP contribution < -0.4 is 0 Å². The van der Waals surface area contributed by atoms with Gasteiger partial charge >= 0.3 is 0 Å². The molecule has 0 spiro atoms. The average Bonchev–Trinajstić information content (AvgIpc) is 2.70. The first-order valence-electron chi connectivity index (χ1n) is 4.42. The number of furan rings is 1. The van der Waals surface area contributed by atoms with E-state index in [2.05, 4.69) is 9.97 Å². The molecule has 0 radical (unpaired) electrons. The number of ether oxygens (including phenoxy) is 1. The number of nitrogens with one attached hydrogen (secondary N) is 1. The molecule has 0 fully saturated rings. The highest BCUT2D eigenvalue weighted by Crippen LogP contribution is 2.15. The molecule has 0 aliphatic carbocycles. The van der Waals surface area contributed by atoms with Crippen molar-refractivity contribution in [3.63, 3.8) is 0 Å². The van der Waals surface area contributed by atoms with Crippen LogP contribution >= 0.6 is 12.2 Å². The van der Waals surface area contributed by atoms with Crippen molar-refractivity contribution in [3.05, 3.63) is 34.8 Å². The first-order valence-corrected chi connectivity index (χ1v) is 4.83. The summed E-state index contributed by atoms with van der Waals surface area (Å²) in [6.07, 6.45) is 1.59. The van der Waals surface area contributed by atoms with Crippen LogP contribution in [0.1, 0.15) is 5.69 Å². The van der Waals surface area contributed by atoms with Crippen molar-refractivity contribution < 1.29 is 9.15 Å². The molecule has 0 saturated carbocycles. The van der Waals surface area contributed by atoms with Gasteiger partial charge in [-0.25, -0.2) is 4.98 Å². The molecule has 0 aromatic carbocycles. The van der Waals surface area contributed by atoms with Crippen molar-refractivity contribution >= 4 is 12.2 Å². The molecule has 0 atom stereocenters. The molecular formula is C10H10N2O2S. The Bertz CT molecular complexity index is 490. The van der Waals surface area contributed by atoms with Crippen molar-refractivity contribution in [2.45, 2.75) is 6.61 Å². The first-order chi connectivity index (χ1) is 7.29. The molecule has 78 valence electrons. The van der Waals surface area contributed by atoms with Crippen LogP contribution in [0.3, 0.4) is 0 Å². The summed E-state index contributed by atoms with van der Waals surface area (Å²) in [4.78, 5) is 7.26. The van der Waals surface area contributed by atoms with E-state index in [-0.39, 0.29) is 0 Å². The molecule has 0 unspecified atom stereocenters. The average molecular weight is 222 g/mol. The molecule has 2 aromatic heterocycles. The number of hydrogen-bond acceptors (Lipinski definition) is 4. The molecule has 0 aliphatic rings. The maximum atomic E-state index is 5.23. The van der Waals surface area contributed by atoms with Gasteiger partial charge in [-0.3, -0.25) is 0 Å². The summed E-state index contributed by atoms with van der Waals surface area (Å²) in [5.74, 6) is 1.29. The number of hydrogen-bond donors (Lipinski definition) is 1. The minimum atomic E-state index is 0.472. The number of methoxy groups -OCH3 is 1. The zero-order chi connectivity index (χ0) is 10.7. The molecule has 0 amide bonds. The highest BCUT2D eigenvalue weighted by molar-refractivity contribution is 7.71. The Balaban J connectivity index is 2.44. The van der Waals surface area contributed by atoms with E-state index in [4.69, 9.17) is 21.4 Å². The van der Waals surface area contributed by atoms with Gasteiger partial charge in [0.1, 0.15) is 4.64 Å². The Morgan fingerprint density at radius 1 is 1.60 bits per heavy atom. The van der Waals surface area contributed by atoms with Crippen LogP contribution in [-0.2, 0) is 11.3 Å². The van der Waals surface area contributed by atoms with Gasteiger partial charge in [0.05, 0.1) is 12.9 Å². The molecule has 1 N–H and O–H groups in total. The number of rotatable bonds is 3. The van der Waals surface area contributed by atoms with Crippen LogP contribution in [0.4, 0.5) is 0 Å². The van der Waals surface area contributed by atoms with Crippen molar-refractivity contribution in [3.8, 4) is 11.6 Å². The van der Waals surface area contributed by atoms with Crippen molar-refractivity contribution in [2.75, 3.05) is 7.11 Å². The predicted octanol–water partition coefficient (Wildman–Crippen LogP) is 2.55. The smallest absolute Gasteiger partial charge is 0.175 e. The zero-order valence-electron chi connectivity index (χ0n) is 8.19. The second kappa shape index (κ2) is 4.37. The summed E-state index contributed by atoms with van der Waals surface area (Å²) in [5, 5.41) is 0. The predicted molar refractivity (Wildman–Crippen MR) is 57.8 cm³/mol. The third kappa shape index (κ3) is 2.31. The quantitative estimate of drug-likeness (QED) is 0.811. The minimum absolute atomic E-state index is 0.472. The van der Waals surface area contributed by atoms with E-state index in [9.17, 15) is 0 Å². The van der Waals surface area contributed by atoms with Crippen LogP contribution in [0.15, 0.2) is 28.9 Å². The Hall–Kier alpha value is -1.46. The monoisotopic (exact) mass is 222 g/mol. The molecular weight excluding hydrogens is 212 g/mol. The highest BCUT2D eigenvalue weighted by atomic mass is 32.1. The number of aromatic nitrogens is 2. The Kier molecular flexibility index (Phi) is 2.94. The summed E-state index contributed by atoms with van der Waals surface area (Å²) in [5.41, 5.74) is 0.879. The van der Waals surface area contributed by atoms with Gasteiger partial charge in [0.2, 0.25) is 0 Å². The lowest BCUT2D eigenvalue weighted by molar-refractivity contribution is 0.181. The summed E-state index contributed by atoms with van der Waals surface area (Å²) in [7, 11) is 1.63. The van der Waals surface area contributed by atoms with Gasteiger partial charge in [-0.1, -0.05) is 12.2 Å². The largest absolute Gasteiger partial charge is 0.461 e. The minimum Gasteiger partial charge on any atom is -0.461 e. The van der Waals surface area contributed by atoms with Gasteiger partial charge in [0.15, 0.2) is 11.6 Å². The molecule has 15 heavy (non-hydrogen) atoms. The standard InChI is InChI=1S/C10H10N2O2S/c1-13-6-7-5-9(15)12-10(11-7)8-3-2-4-14-8/h2-5H,6H2,1H3,(H,11,12,15). The lowest BCUT2D eigenvalue weighted by Gasteiger charge is -2.02. The van der Waals surface area contributed by atoms with Gasteiger partial charge in [-0.15, -0.1) is 0 Å². The fraction of sp³-hybridized carbons (Fsp3) is 0.200. The van der Waals surface area contributed by atoms with Crippen LogP contribution in [0, 0.1) is 4.64 Å². The zero-order valence-corrected chi connectivity index (χ0v) is 9.00. The van der Waals surface area contributed by atoms with E-state index in [1.807, 2.05) is 6.07 Å². The van der Waals surface area contributed by atoms with Crippen molar-refractivity contribution in [1.29, 1.82) is 0 Å². The highest BCUT2D eigenvalue weighted by Gasteiger charge is 2.04. The third-order valence-corrected chi connectivity index (χ3v) is 2.06. The maximum Gasteiger partial charge on any atom is 0.175 e. The van der Waals surface area contributed by atoms with Crippen LogP contribution in [0.2, 0.25) is 0 Å². The van der Waals surface area contributed by atoms with Crippen LogP contribution in [-0.4, -0.2) is 17.1 Å². The van der Waals surface area contributed by atoms with Crippen molar-refractivity contribution in [1.82, 2.24) is 9.97 Å². The molecule has 0 saturated heterocycles. The first kappa shape index (κ1) is 10.1. The topological polar surface area (TPSA) is 51.1 Å². The normalized spacial score (nSPS) is 10.5. The molecule has 2 rings (SSSR count). The second-order valence-corrected chi connectivity index (χ2v) is 3.42. The number of H-pyrrole nitrogens is 1. The summed E-state index contributed by atoms with van der Waals surface area (Å²) in [6, 6.07) is 5.40. The van der Waals surface area contributed by atoms with Gasteiger partial charge in [0.25, 0.3) is 0 Å². The SMILES string of the molecule is COCc1cc(=S)nc(-c2ccco2)[nH]1. The van der Waals surface area contributed by atoms with Crippen molar-refractivity contribution in [2.24, 2.45) is 0 Å². The van der Waals surface area contributed by atoms with Gasteiger partial charge in [-0.05, 0) is 18.2 Å². The fourth-order valence-corrected chi connectivity index (χ4v) is 1.50. The molecule has 2 aromatic rings. The molecule has 0 aliphatic heterocycles. The third-order valence-electron chi connectivity index (χ3n) is 1.85. The van der Waals surface area contributed by atoms with Gasteiger partial charge < -0.3 is 14.1 Å². The fourth-order valence-electron chi connectivity index (χ4n) is 1.27. The molecule has 0 bridgehead atoms. The number of aromatic amines is 1.